The summed E-state index contributed by atoms with van der Waals surface area (Å²) in [5.41, 5.74) is 4.83. The van der Waals surface area contributed by atoms with Crippen LogP contribution in [0.15, 0.2) is 36.4 Å². The lowest BCUT2D eigenvalue weighted by Crippen LogP contribution is -2.26. The van der Waals surface area contributed by atoms with E-state index in [4.69, 9.17) is 9.47 Å². The molecule has 2 aromatic carbocycles. The Morgan fingerprint density at radius 3 is 1.56 bits per heavy atom. The van der Waals surface area contributed by atoms with Gasteiger partial charge in [-0.05, 0) is 59.6 Å². The molecule has 2 rings (SSSR count). The second-order valence-electron chi connectivity index (χ2n) is 9.22. The quantitative estimate of drug-likeness (QED) is 0.395. The molecule has 0 unspecified atom stereocenters. The van der Waals surface area contributed by atoms with E-state index in [1.165, 1.54) is 22.3 Å². The highest BCUT2D eigenvalue weighted by Gasteiger charge is 2.31. The van der Waals surface area contributed by atoms with Crippen LogP contribution in [0.1, 0.15) is 76.1 Å². The van der Waals surface area contributed by atoms with Crippen LogP contribution < -0.4 is 9.47 Å². The van der Waals surface area contributed by atoms with E-state index < -0.39 is 0 Å². The third-order valence-electron chi connectivity index (χ3n) is 5.95. The molecule has 0 spiro atoms. The highest BCUT2D eigenvalue weighted by molar-refractivity contribution is 5.48. The van der Waals surface area contributed by atoms with Crippen LogP contribution in [0.25, 0.3) is 0 Å². The second kappa shape index (κ2) is 12.9. The van der Waals surface area contributed by atoms with Gasteiger partial charge in [0.15, 0.2) is 0 Å². The van der Waals surface area contributed by atoms with Gasteiger partial charge >= 0.3 is 0 Å². The number of benzene rings is 2. The lowest BCUT2D eigenvalue weighted by atomic mass is 9.70. The molecule has 0 saturated carbocycles. The molecule has 0 saturated heterocycles. The molecule has 0 aliphatic rings. The van der Waals surface area contributed by atoms with Crippen molar-refractivity contribution in [2.24, 2.45) is 5.92 Å². The van der Waals surface area contributed by atoms with Crippen LogP contribution in [0, 0.1) is 5.92 Å². The summed E-state index contributed by atoms with van der Waals surface area (Å²) in [4.78, 5) is 0. The van der Waals surface area contributed by atoms with E-state index in [1.54, 1.807) is 0 Å². The predicted molar refractivity (Wildman–Crippen MR) is 132 cm³/mol. The van der Waals surface area contributed by atoms with Crippen molar-refractivity contribution in [1.29, 1.82) is 0 Å². The number of hydrogen-bond acceptors (Lipinski definition) is 4. The molecule has 4 heteroatoms. The molecule has 4 nitrogen and oxygen atoms in total. The van der Waals surface area contributed by atoms with Gasteiger partial charge in [0.05, 0.1) is 13.2 Å². The maximum atomic E-state index is 9.18. The van der Waals surface area contributed by atoms with Crippen LogP contribution in [-0.4, -0.2) is 36.6 Å². The summed E-state index contributed by atoms with van der Waals surface area (Å²) in [6.07, 6.45) is 5.00. The number of hydrogen-bond donors (Lipinski definition) is 2. The van der Waals surface area contributed by atoms with Crippen molar-refractivity contribution in [2.75, 3.05) is 26.4 Å². The lowest BCUT2D eigenvalue weighted by Gasteiger charge is -2.34. The van der Waals surface area contributed by atoms with Gasteiger partial charge in [0, 0.05) is 5.41 Å². The molecular weight excluding hydrogens is 400 g/mol. The zero-order valence-corrected chi connectivity index (χ0v) is 20.6. The van der Waals surface area contributed by atoms with E-state index in [0.717, 1.165) is 43.6 Å². The van der Waals surface area contributed by atoms with E-state index in [1.807, 2.05) is 0 Å². The minimum Gasteiger partial charge on any atom is -0.491 e. The average Bonchev–Trinajstić information content (AvgIpc) is 2.77. The molecule has 0 aliphatic carbocycles. The van der Waals surface area contributed by atoms with Gasteiger partial charge in [-0.25, -0.2) is 0 Å². The summed E-state index contributed by atoms with van der Waals surface area (Å²) in [6, 6.07) is 13.1. The Hall–Kier alpha value is -2.04. The zero-order chi connectivity index (χ0) is 23.6. The molecule has 2 N–H and O–H groups in total. The maximum Gasteiger partial charge on any atom is 0.122 e. The Kier molecular flexibility index (Phi) is 10.5. The standard InChI is InChI=1S/C28H42O4/c1-6-8-22-18-24(10-12-26(22)31-16-14-29)28(5,20-21(3)4)25-11-13-27(32-17-15-30)23(19-25)9-7-2/h10-13,18-19,21,29-30H,6-9,14-17,20H2,1-5H3. The Morgan fingerprint density at radius 1 is 0.781 bits per heavy atom. The first kappa shape index (κ1) is 26.2. The van der Waals surface area contributed by atoms with Crippen LogP contribution in [0.5, 0.6) is 11.5 Å². The molecule has 32 heavy (non-hydrogen) atoms. The van der Waals surface area contributed by atoms with E-state index in [2.05, 4.69) is 71.0 Å². The second-order valence-corrected chi connectivity index (χ2v) is 9.22. The SMILES string of the molecule is CCCc1cc(C(C)(CC(C)C)c2ccc(OCCO)c(CCC)c2)ccc1OCCO. The largest absolute Gasteiger partial charge is 0.491 e. The minimum atomic E-state index is -0.149. The van der Waals surface area contributed by atoms with E-state index in [0.29, 0.717) is 19.1 Å². The molecule has 0 fully saturated rings. The molecule has 0 amide bonds. The first-order valence-corrected chi connectivity index (χ1v) is 12.1. The number of ether oxygens (including phenoxy) is 2. The first-order chi connectivity index (χ1) is 15.4. The Balaban J connectivity index is 2.56. The fourth-order valence-corrected chi connectivity index (χ4v) is 4.59. The van der Waals surface area contributed by atoms with Crippen molar-refractivity contribution in [2.45, 2.75) is 72.1 Å². The number of aryl methyl sites for hydroxylation is 2. The van der Waals surface area contributed by atoms with Gasteiger partial charge in [-0.15, -0.1) is 0 Å². The average molecular weight is 443 g/mol. The molecule has 0 radical (unpaired) electrons. The van der Waals surface area contributed by atoms with Crippen LogP contribution in [0.3, 0.4) is 0 Å². The minimum absolute atomic E-state index is 0.0172. The molecular formula is C28H42O4. The van der Waals surface area contributed by atoms with Crippen LogP contribution >= 0.6 is 0 Å². The van der Waals surface area contributed by atoms with Gasteiger partial charge in [-0.3, -0.25) is 0 Å². The molecule has 2 aromatic rings. The molecule has 0 heterocycles. The summed E-state index contributed by atoms with van der Waals surface area (Å²) >= 11 is 0. The molecule has 178 valence electrons. The summed E-state index contributed by atoms with van der Waals surface area (Å²) in [6.45, 7) is 11.9. The summed E-state index contributed by atoms with van der Waals surface area (Å²) in [5, 5.41) is 18.4. The van der Waals surface area contributed by atoms with Crippen LogP contribution in [0.2, 0.25) is 0 Å². The highest BCUT2D eigenvalue weighted by Crippen LogP contribution is 2.41. The third kappa shape index (κ3) is 6.73. The number of aliphatic hydroxyl groups excluding tert-OH is 2. The normalized spacial score (nSPS) is 11.8. The van der Waals surface area contributed by atoms with Crippen molar-refractivity contribution in [3.8, 4) is 11.5 Å². The Morgan fingerprint density at radius 2 is 1.22 bits per heavy atom. The summed E-state index contributed by atoms with van der Waals surface area (Å²) in [7, 11) is 0. The number of rotatable bonds is 14. The van der Waals surface area contributed by atoms with Crippen molar-refractivity contribution in [3.05, 3.63) is 58.7 Å². The van der Waals surface area contributed by atoms with Crippen molar-refractivity contribution in [3.63, 3.8) is 0 Å². The Labute approximate surface area is 194 Å². The maximum absolute atomic E-state index is 9.18. The summed E-state index contributed by atoms with van der Waals surface area (Å²) < 4.78 is 11.6. The van der Waals surface area contributed by atoms with Gasteiger partial charge in [-0.1, -0.05) is 71.7 Å². The monoisotopic (exact) mass is 442 g/mol. The van der Waals surface area contributed by atoms with E-state index >= 15 is 0 Å². The smallest absolute Gasteiger partial charge is 0.122 e. The molecule has 0 aromatic heterocycles. The topological polar surface area (TPSA) is 58.9 Å². The zero-order valence-electron chi connectivity index (χ0n) is 20.6. The molecule has 0 atom stereocenters. The van der Waals surface area contributed by atoms with Gasteiger partial charge in [0.1, 0.15) is 24.7 Å². The fraction of sp³-hybridized carbons (Fsp3) is 0.571. The molecule has 0 bridgehead atoms. The van der Waals surface area contributed by atoms with Gasteiger partial charge in [0.2, 0.25) is 0 Å². The van der Waals surface area contributed by atoms with Gasteiger partial charge < -0.3 is 19.7 Å². The highest BCUT2D eigenvalue weighted by atomic mass is 16.5. The lowest BCUT2D eigenvalue weighted by molar-refractivity contribution is 0.200. The summed E-state index contributed by atoms with van der Waals surface area (Å²) in [5.74, 6) is 2.27. The fourth-order valence-electron chi connectivity index (χ4n) is 4.59. The van der Waals surface area contributed by atoms with Crippen molar-refractivity contribution < 1.29 is 19.7 Å². The van der Waals surface area contributed by atoms with E-state index in [9.17, 15) is 10.2 Å². The van der Waals surface area contributed by atoms with Gasteiger partial charge in [-0.2, -0.15) is 0 Å². The Bertz CT molecular complexity index is 767. The van der Waals surface area contributed by atoms with E-state index in [-0.39, 0.29) is 18.6 Å². The van der Waals surface area contributed by atoms with Gasteiger partial charge in [0.25, 0.3) is 0 Å². The van der Waals surface area contributed by atoms with Crippen LogP contribution in [0.4, 0.5) is 0 Å². The number of aliphatic hydroxyl groups is 2. The third-order valence-corrected chi connectivity index (χ3v) is 5.95. The van der Waals surface area contributed by atoms with Crippen molar-refractivity contribution >= 4 is 0 Å². The first-order valence-electron chi connectivity index (χ1n) is 12.1. The van der Waals surface area contributed by atoms with Crippen LogP contribution in [-0.2, 0) is 18.3 Å². The van der Waals surface area contributed by atoms with Crippen molar-refractivity contribution in [1.82, 2.24) is 0 Å². The predicted octanol–water partition coefficient (Wildman–Crippen LogP) is 5.69. The molecule has 0 aliphatic heterocycles.